The van der Waals surface area contributed by atoms with Crippen molar-refractivity contribution in [3.05, 3.63) is 69.7 Å². The average Bonchev–Trinajstić information content (AvgIpc) is 3.03. The van der Waals surface area contributed by atoms with Crippen molar-refractivity contribution in [3.8, 4) is 0 Å². The van der Waals surface area contributed by atoms with Crippen molar-refractivity contribution in [1.29, 1.82) is 0 Å². The standard InChI is InChI=1S/C23H38O2Si.C13H26O2Si.C10H13Br/c1-18-10-9-13-23(17-18,21(24)25-14-15-26(5,6)7)20-12-8-11-19(16-20)22(2,3)4;1-11-6-5-7-12(10-11)13(14)15-8-9-16(2,3)4;1-10(2,3)8-5-4-6-9(11)7-8/h8,11-12,16,18H,9-10,13-15,17H2,1-7H3;11-12H,5-10H2,1-4H3;4-7H,1-3H3. The van der Waals surface area contributed by atoms with E-state index in [2.05, 4.69) is 159 Å². The molecule has 2 aromatic carbocycles. The molecule has 0 saturated heterocycles. The van der Waals surface area contributed by atoms with E-state index >= 15 is 0 Å². The number of ether oxygens (including phenoxy) is 2. The minimum atomic E-state index is -1.20. The molecule has 2 aliphatic rings. The van der Waals surface area contributed by atoms with Gasteiger partial charge in [0.1, 0.15) is 0 Å². The summed E-state index contributed by atoms with van der Waals surface area (Å²) in [4.78, 5) is 25.1. The number of carbonyl (C=O) groups is 2. The van der Waals surface area contributed by atoms with Gasteiger partial charge >= 0.3 is 11.9 Å². The van der Waals surface area contributed by atoms with Gasteiger partial charge in [0.2, 0.25) is 0 Å². The van der Waals surface area contributed by atoms with E-state index < -0.39 is 21.6 Å². The number of hydrogen-bond acceptors (Lipinski definition) is 4. The number of benzene rings is 2. The average molecular weight is 830 g/mol. The monoisotopic (exact) mass is 828 g/mol. The third-order valence-electron chi connectivity index (χ3n) is 10.8. The quantitative estimate of drug-likeness (QED) is 0.187. The molecule has 7 heteroatoms. The minimum Gasteiger partial charge on any atom is -0.466 e. The second kappa shape index (κ2) is 20.5. The van der Waals surface area contributed by atoms with Gasteiger partial charge in [0, 0.05) is 20.6 Å². The molecule has 0 spiro atoms. The molecule has 2 aromatic rings. The van der Waals surface area contributed by atoms with Crippen molar-refractivity contribution in [2.75, 3.05) is 13.2 Å². The molecule has 4 rings (SSSR count). The molecule has 0 aliphatic heterocycles. The van der Waals surface area contributed by atoms with Crippen molar-refractivity contribution in [3.63, 3.8) is 0 Å². The van der Waals surface area contributed by atoms with Crippen molar-refractivity contribution in [1.82, 2.24) is 0 Å². The topological polar surface area (TPSA) is 52.6 Å². The Labute approximate surface area is 336 Å². The van der Waals surface area contributed by atoms with Crippen LogP contribution in [0.5, 0.6) is 0 Å². The smallest absolute Gasteiger partial charge is 0.316 e. The SMILES string of the molecule is CC(C)(C)c1cccc(Br)c1.CC1CCCC(C(=O)OCC[Si](C)(C)C)(c2cccc(C(C)(C)C)c2)C1.CC1CCCC(C(=O)OCC[Si](C)(C)C)C1. The first-order valence-electron chi connectivity index (χ1n) is 20.5. The molecular weight excluding hydrogens is 753 g/mol. The molecule has 4 nitrogen and oxygen atoms in total. The van der Waals surface area contributed by atoms with Crippen LogP contribution >= 0.6 is 15.9 Å². The Bertz CT molecular complexity index is 1430. The van der Waals surface area contributed by atoms with Crippen LogP contribution in [0.25, 0.3) is 0 Å². The lowest BCUT2D eigenvalue weighted by atomic mass is 9.65. The van der Waals surface area contributed by atoms with Gasteiger partial charge in [-0.2, -0.15) is 0 Å². The van der Waals surface area contributed by atoms with E-state index in [-0.39, 0.29) is 28.7 Å². The van der Waals surface area contributed by atoms with Crippen LogP contribution in [0.15, 0.2) is 53.0 Å². The van der Waals surface area contributed by atoms with Crippen molar-refractivity contribution in [2.24, 2.45) is 17.8 Å². The first-order chi connectivity index (χ1) is 24.3. The maximum atomic E-state index is 13.3. The summed E-state index contributed by atoms with van der Waals surface area (Å²) in [5.41, 5.74) is 3.70. The molecular formula is C46H77BrO4Si2. The summed E-state index contributed by atoms with van der Waals surface area (Å²) in [7, 11) is -2.27. The summed E-state index contributed by atoms with van der Waals surface area (Å²) >= 11 is 3.45. The van der Waals surface area contributed by atoms with Crippen LogP contribution in [-0.4, -0.2) is 41.3 Å². The first kappa shape index (κ1) is 47.4. The molecule has 300 valence electrons. The molecule has 2 aliphatic carbocycles. The molecule has 0 radical (unpaired) electrons. The van der Waals surface area contributed by atoms with Crippen LogP contribution in [-0.2, 0) is 35.3 Å². The molecule has 2 fully saturated rings. The normalized spacial score (nSPS) is 22.4. The van der Waals surface area contributed by atoms with Gasteiger partial charge in [-0.05, 0) is 89.3 Å². The highest BCUT2D eigenvalue weighted by molar-refractivity contribution is 9.10. The van der Waals surface area contributed by atoms with E-state index in [1.54, 1.807) is 0 Å². The third-order valence-corrected chi connectivity index (χ3v) is 14.7. The molecule has 0 bridgehead atoms. The van der Waals surface area contributed by atoms with Crippen LogP contribution in [0, 0.1) is 17.8 Å². The van der Waals surface area contributed by atoms with E-state index in [9.17, 15) is 9.59 Å². The van der Waals surface area contributed by atoms with Gasteiger partial charge < -0.3 is 9.47 Å². The molecule has 4 atom stereocenters. The summed E-state index contributed by atoms with van der Waals surface area (Å²) in [5.74, 6) is 1.51. The zero-order valence-corrected chi connectivity index (χ0v) is 39.9. The highest BCUT2D eigenvalue weighted by atomic mass is 79.9. The zero-order valence-electron chi connectivity index (χ0n) is 36.3. The van der Waals surface area contributed by atoms with Crippen LogP contribution < -0.4 is 0 Å². The minimum absolute atomic E-state index is 0.00774. The van der Waals surface area contributed by atoms with Crippen LogP contribution in [0.3, 0.4) is 0 Å². The van der Waals surface area contributed by atoms with Gasteiger partial charge in [0.05, 0.1) is 24.5 Å². The fourth-order valence-electron chi connectivity index (χ4n) is 7.17. The number of carbonyl (C=O) groups excluding carboxylic acids is 2. The van der Waals surface area contributed by atoms with E-state index in [0.29, 0.717) is 25.0 Å². The number of halogens is 1. The lowest BCUT2D eigenvalue weighted by molar-refractivity contribution is -0.152. The van der Waals surface area contributed by atoms with Crippen LogP contribution in [0.1, 0.15) is 123 Å². The summed E-state index contributed by atoms with van der Waals surface area (Å²) in [6.45, 7) is 33.0. The Morgan fingerprint density at radius 1 is 0.736 bits per heavy atom. The first-order valence-corrected chi connectivity index (χ1v) is 28.7. The molecule has 2 saturated carbocycles. The van der Waals surface area contributed by atoms with Gasteiger partial charge in [0.25, 0.3) is 0 Å². The number of rotatable bonds is 9. The van der Waals surface area contributed by atoms with Gasteiger partial charge in [0.15, 0.2) is 0 Å². The number of hydrogen-bond donors (Lipinski definition) is 0. The van der Waals surface area contributed by atoms with Gasteiger partial charge in [-0.15, -0.1) is 0 Å². The fraction of sp³-hybridized carbons (Fsp3) is 0.696. The fourth-order valence-corrected chi connectivity index (χ4v) is 9.00. The maximum absolute atomic E-state index is 13.3. The zero-order chi connectivity index (χ0) is 40.3. The number of esters is 2. The summed E-state index contributed by atoms with van der Waals surface area (Å²) in [6.07, 6.45) is 8.67. The Morgan fingerprint density at radius 3 is 1.75 bits per heavy atom. The van der Waals surface area contributed by atoms with Crippen molar-refractivity contribution in [2.45, 2.75) is 174 Å². The van der Waals surface area contributed by atoms with Crippen LogP contribution in [0.4, 0.5) is 0 Å². The molecule has 0 amide bonds. The van der Waals surface area contributed by atoms with Gasteiger partial charge in [-0.3, -0.25) is 9.59 Å². The lowest BCUT2D eigenvalue weighted by Gasteiger charge is -2.39. The Morgan fingerprint density at radius 2 is 1.26 bits per heavy atom. The second-order valence-electron chi connectivity index (χ2n) is 20.8. The maximum Gasteiger partial charge on any atom is 0.316 e. The third kappa shape index (κ3) is 17.3. The highest BCUT2D eigenvalue weighted by Gasteiger charge is 2.45. The summed E-state index contributed by atoms with van der Waals surface area (Å²) in [6, 6.07) is 19.3. The van der Waals surface area contributed by atoms with E-state index in [1.807, 2.05) is 0 Å². The van der Waals surface area contributed by atoms with E-state index in [4.69, 9.17) is 9.47 Å². The van der Waals surface area contributed by atoms with Gasteiger partial charge in [-0.25, -0.2) is 0 Å². The van der Waals surface area contributed by atoms with Crippen molar-refractivity contribution >= 4 is 44.0 Å². The largest absolute Gasteiger partial charge is 0.466 e. The molecule has 53 heavy (non-hydrogen) atoms. The van der Waals surface area contributed by atoms with Gasteiger partial charge in [-0.1, -0.05) is 173 Å². The summed E-state index contributed by atoms with van der Waals surface area (Å²) < 4.78 is 12.4. The Kier molecular flexibility index (Phi) is 18.3. The second-order valence-corrected chi connectivity index (χ2v) is 32.9. The predicted molar refractivity (Wildman–Crippen MR) is 237 cm³/mol. The van der Waals surface area contributed by atoms with E-state index in [0.717, 1.165) is 54.2 Å². The van der Waals surface area contributed by atoms with Crippen LogP contribution in [0.2, 0.25) is 51.4 Å². The van der Waals surface area contributed by atoms with E-state index in [1.165, 1.54) is 30.4 Å². The van der Waals surface area contributed by atoms with Crippen molar-refractivity contribution < 1.29 is 19.1 Å². The molecule has 0 N–H and O–H groups in total. The Hall–Kier alpha value is -1.71. The molecule has 0 aromatic heterocycles. The Balaban J connectivity index is 0.000000305. The molecule has 4 unspecified atom stereocenters. The lowest BCUT2D eigenvalue weighted by Crippen LogP contribution is -2.42. The highest BCUT2D eigenvalue weighted by Crippen LogP contribution is 2.44. The molecule has 0 heterocycles. The summed E-state index contributed by atoms with van der Waals surface area (Å²) in [5, 5.41) is 0. The predicted octanol–water partition coefficient (Wildman–Crippen LogP) is 13.8.